The van der Waals surface area contributed by atoms with E-state index in [0.717, 1.165) is 22.3 Å². The fourth-order valence-electron chi connectivity index (χ4n) is 4.26. The van der Waals surface area contributed by atoms with Crippen LogP contribution >= 0.6 is 0 Å². The van der Waals surface area contributed by atoms with E-state index in [1.54, 1.807) is 19.0 Å². The Morgan fingerprint density at radius 1 is 0.886 bits per heavy atom. The highest BCUT2D eigenvalue weighted by Crippen LogP contribution is 2.44. The molecular formula is C26H34N4O5. The maximum Gasteiger partial charge on any atom is 0.407 e. The largest absolute Gasteiger partial charge is 0.480 e. The maximum absolute atomic E-state index is 12.9. The molecule has 1 aliphatic rings. The first kappa shape index (κ1) is 26.2. The molecule has 0 bridgehead atoms. The highest BCUT2D eigenvalue weighted by molar-refractivity contribution is 5.89. The number of fused-ring (bicyclic) bond motifs is 3. The van der Waals surface area contributed by atoms with Crippen molar-refractivity contribution in [3.05, 3.63) is 59.7 Å². The molecule has 0 heterocycles. The Morgan fingerprint density at radius 3 is 1.97 bits per heavy atom. The van der Waals surface area contributed by atoms with Crippen LogP contribution in [-0.2, 0) is 14.3 Å². The van der Waals surface area contributed by atoms with Crippen LogP contribution in [0.25, 0.3) is 11.1 Å². The van der Waals surface area contributed by atoms with E-state index >= 15 is 0 Å². The van der Waals surface area contributed by atoms with Crippen LogP contribution in [0.1, 0.15) is 23.5 Å². The fourth-order valence-corrected chi connectivity index (χ4v) is 4.26. The third kappa shape index (κ3) is 6.80. The van der Waals surface area contributed by atoms with Crippen LogP contribution in [0.3, 0.4) is 0 Å². The second kappa shape index (κ2) is 11.8. The van der Waals surface area contributed by atoms with Crippen molar-refractivity contribution in [3.8, 4) is 11.1 Å². The summed E-state index contributed by atoms with van der Waals surface area (Å²) >= 11 is 0. The van der Waals surface area contributed by atoms with E-state index in [0.29, 0.717) is 6.54 Å². The number of hydrogen-bond acceptors (Lipinski definition) is 6. The minimum Gasteiger partial charge on any atom is -0.480 e. The summed E-state index contributed by atoms with van der Waals surface area (Å²) in [7, 11) is 7.18. The molecule has 2 amide bonds. The van der Waals surface area contributed by atoms with Crippen molar-refractivity contribution in [1.29, 1.82) is 0 Å². The smallest absolute Gasteiger partial charge is 0.407 e. The SMILES string of the molecule is CN(C)CCC(NC(=O)C(CN(C)C)NC(=O)OCC1c2ccccc2-c2ccccc21)C(=O)O. The minimum absolute atomic E-state index is 0.100. The molecule has 9 heteroatoms. The van der Waals surface area contributed by atoms with E-state index in [4.69, 9.17) is 4.74 Å². The Balaban J connectivity index is 1.65. The van der Waals surface area contributed by atoms with Crippen molar-refractivity contribution in [2.24, 2.45) is 0 Å². The van der Waals surface area contributed by atoms with Gasteiger partial charge in [0.1, 0.15) is 18.7 Å². The summed E-state index contributed by atoms with van der Waals surface area (Å²) in [6, 6.07) is 14.0. The van der Waals surface area contributed by atoms with Gasteiger partial charge in [0.15, 0.2) is 0 Å². The van der Waals surface area contributed by atoms with Gasteiger partial charge in [-0.2, -0.15) is 0 Å². The number of nitrogens with one attached hydrogen (secondary N) is 2. The lowest BCUT2D eigenvalue weighted by molar-refractivity contribution is -0.142. The molecule has 1 aliphatic carbocycles. The first-order chi connectivity index (χ1) is 16.7. The summed E-state index contributed by atoms with van der Waals surface area (Å²) < 4.78 is 5.56. The summed E-state index contributed by atoms with van der Waals surface area (Å²) in [5.74, 6) is -1.79. The molecule has 9 nitrogen and oxygen atoms in total. The quantitative estimate of drug-likeness (QED) is 0.449. The molecule has 2 atom stereocenters. The number of carboxylic acid groups (broad SMARTS) is 1. The average Bonchev–Trinajstić information content (AvgIpc) is 3.13. The van der Waals surface area contributed by atoms with E-state index in [2.05, 4.69) is 22.8 Å². The van der Waals surface area contributed by atoms with Gasteiger partial charge >= 0.3 is 12.1 Å². The van der Waals surface area contributed by atoms with Gasteiger partial charge in [0, 0.05) is 19.0 Å². The zero-order chi connectivity index (χ0) is 25.5. The lowest BCUT2D eigenvalue weighted by Crippen LogP contribution is -2.55. The molecule has 0 saturated carbocycles. The third-order valence-electron chi connectivity index (χ3n) is 5.98. The molecule has 0 saturated heterocycles. The van der Waals surface area contributed by atoms with Crippen LogP contribution in [-0.4, -0.2) is 92.8 Å². The standard InChI is InChI=1S/C26H34N4O5/c1-29(2)14-13-22(25(32)33)27-24(31)23(15-30(3)4)28-26(34)35-16-21-19-11-7-5-9-17(19)18-10-6-8-12-20(18)21/h5-12,21-23H,13-16H2,1-4H3,(H,27,31)(H,28,34)(H,32,33). The van der Waals surface area contributed by atoms with Crippen LogP contribution in [0, 0.1) is 0 Å². The highest BCUT2D eigenvalue weighted by atomic mass is 16.5. The number of amides is 2. The van der Waals surface area contributed by atoms with Gasteiger partial charge < -0.3 is 30.3 Å². The number of benzene rings is 2. The summed E-state index contributed by atoms with van der Waals surface area (Å²) in [6.45, 7) is 0.808. The number of carboxylic acids is 1. The fraction of sp³-hybridized carbons (Fsp3) is 0.423. The number of aliphatic carboxylic acids is 1. The number of ether oxygens (including phenoxy) is 1. The number of carbonyl (C=O) groups is 3. The Kier molecular flexibility index (Phi) is 8.84. The van der Waals surface area contributed by atoms with Gasteiger partial charge in [0.25, 0.3) is 0 Å². The number of rotatable bonds is 11. The molecule has 3 rings (SSSR count). The summed E-state index contributed by atoms with van der Waals surface area (Å²) in [5.41, 5.74) is 4.43. The molecule has 2 aromatic rings. The molecule has 0 spiro atoms. The predicted octanol–water partition coefficient (Wildman–Crippen LogP) is 1.98. The van der Waals surface area contributed by atoms with Crippen LogP contribution in [0.4, 0.5) is 4.79 Å². The van der Waals surface area contributed by atoms with Crippen LogP contribution < -0.4 is 10.6 Å². The molecular weight excluding hydrogens is 448 g/mol. The second-order valence-electron chi connectivity index (χ2n) is 9.28. The van der Waals surface area contributed by atoms with E-state index in [9.17, 15) is 19.5 Å². The van der Waals surface area contributed by atoms with Crippen LogP contribution in [0.15, 0.2) is 48.5 Å². The molecule has 35 heavy (non-hydrogen) atoms. The normalized spacial score (nSPS) is 14.2. The zero-order valence-electron chi connectivity index (χ0n) is 20.7. The molecule has 0 radical (unpaired) electrons. The summed E-state index contributed by atoms with van der Waals surface area (Å²) in [4.78, 5) is 40.8. The maximum atomic E-state index is 12.9. The number of nitrogens with zero attached hydrogens (tertiary/aromatic N) is 2. The van der Waals surface area contributed by atoms with E-state index in [-0.39, 0.29) is 25.5 Å². The van der Waals surface area contributed by atoms with Crippen LogP contribution in [0.5, 0.6) is 0 Å². The average molecular weight is 483 g/mol. The highest BCUT2D eigenvalue weighted by Gasteiger charge is 2.31. The second-order valence-corrected chi connectivity index (χ2v) is 9.28. The van der Waals surface area contributed by atoms with Crippen molar-refractivity contribution >= 4 is 18.0 Å². The van der Waals surface area contributed by atoms with Gasteiger partial charge in [0.2, 0.25) is 5.91 Å². The molecule has 0 aromatic heterocycles. The number of hydrogen-bond donors (Lipinski definition) is 3. The Labute approximate surface area is 206 Å². The Morgan fingerprint density at radius 2 is 1.46 bits per heavy atom. The van der Waals surface area contributed by atoms with Crippen molar-refractivity contribution in [2.45, 2.75) is 24.4 Å². The molecule has 2 unspecified atom stereocenters. The van der Waals surface area contributed by atoms with E-state index < -0.39 is 30.1 Å². The van der Waals surface area contributed by atoms with E-state index in [1.165, 1.54) is 0 Å². The predicted molar refractivity (Wildman–Crippen MR) is 133 cm³/mol. The van der Waals surface area contributed by atoms with Crippen molar-refractivity contribution in [3.63, 3.8) is 0 Å². The number of carbonyl (C=O) groups excluding carboxylic acids is 2. The third-order valence-corrected chi connectivity index (χ3v) is 5.98. The number of alkyl carbamates (subject to hydrolysis) is 1. The lowest BCUT2D eigenvalue weighted by atomic mass is 9.98. The number of likely N-dealkylation sites (N-methyl/N-ethyl adjacent to an activating group) is 1. The van der Waals surface area contributed by atoms with Gasteiger partial charge in [-0.3, -0.25) is 4.79 Å². The van der Waals surface area contributed by atoms with Crippen molar-refractivity contribution < 1.29 is 24.2 Å². The van der Waals surface area contributed by atoms with Crippen molar-refractivity contribution in [2.75, 3.05) is 47.9 Å². The van der Waals surface area contributed by atoms with Crippen molar-refractivity contribution in [1.82, 2.24) is 20.4 Å². The van der Waals surface area contributed by atoms with Crippen LogP contribution in [0.2, 0.25) is 0 Å². The van der Waals surface area contributed by atoms with Gasteiger partial charge in [-0.05, 0) is 56.9 Å². The van der Waals surface area contributed by atoms with Gasteiger partial charge in [0.05, 0.1) is 0 Å². The molecule has 0 fully saturated rings. The summed E-state index contributed by atoms with van der Waals surface area (Å²) in [6.07, 6.45) is -0.484. The first-order valence-corrected chi connectivity index (χ1v) is 11.6. The molecule has 188 valence electrons. The van der Waals surface area contributed by atoms with Gasteiger partial charge in [-0.1, -0.05) is 48.5 Å². The van der Waals surface area contributed by atoms with Gasteiger partial charge in [-0.15, -0.1) is 0 Å². The Hall–Kier alpha value is -3.43. The lowest BCUT2D eigenvalue weighted by Gasteiger charge is -2.24. The zero-order valence-corrected chi connectivity index (χ0v) is 20.7. The first-order valence-electron chi connectivity index (χ1n) is 11.6. The topological polar surface area (TPSA) is 111 Å². The van der Waals surface area contributed by atoms with Gasteiger partial charge in [-0.25, -0.2) is 9.59 Å². The minimum atomic E-state index is -1.12. The summed E-state index contributed by atoms with van der Waals surface area (Å²) in [5, 5.41) is 14.6. The van der Waals surface area contributed by atoms with E-state index in [1.807, 2.05) is 55.4 Å². The molecule has 2 aromatic carbocycles. The Bertz CT molecular complexity index is 1010. The monoisotopic (exact) mass is 482 g/mol. The molecule has 0 aliphatic heterocycles. The molecule has 3 N–H and O–H groups in total.